The fourth-order valence-corrected chi connectivity index (χ4v) is 1.52. The molecule has 1 unspecified atom stereocenters. The summed E-state index contributed by atoms with van der Waals surface area (Å²) in [5, 5.41) is 12.4. The molecule has 17 heavy (non-hydrogen) atoms. The number of nitrogens with one attached hydrogen (secondary N) is 2. The van der Waals surface area contributed by atoms with Crippen LogP contribution in [0.15, 0.2) is 24.8 Å². The fraction of sp³-hybridized carbons (Fsp3) is 0.364. The van der Waals surface area contributed by atoms with Gasteiger partial charge in [-0.15, -0.1) is 0 Å². The van der Waals surface area contributed by atoms with Crippen LogP contribution in [-0.4, -0.2) is 37.7 Å². The summed E-state index contributed by atoms with van der Waals surface area (Å²) in [6.45, 7) is 1.91. The zero-order valence-electron chi connectivity index (χ0n) is 9.59. The summed E-state index contributed by atoms with van der Waals surface area (Å²) in [5.41, 5.74) is 1.85. The number of imidazole rings is 1. The monoisotopic (exact) mass is 233 g/mol. The van der Waals surface area contributed by atoms with Crippen molar-refractivity contribution in [2.24, 2.45) is 0 Å². The number of H-pyrrole nitrogens is 1. The van der Waals surface area contributed by atoms with E-state index in [1.165, 1.54) is 0 Å². The smallest absolute Gasteiger partial charge is 0.223 e. The fourth-order valence-electron chi connectivity index (χ4n) is 1.52. The van der Waals surface area contributed by atoms with Gasteiger partial charge in [-0.1, -0.05) is 0 Å². The van der Waals surface area contributed by atoms with Crippen LogP contribution in [-0.2, 0) is 6.42 Å². The van der Waals surface area contributed by atoms with E-state index in [0.29, 0.717) is 12.4 Å². The Morgan fingerprint density at radius 3 is 3.06 bits per heavy atom. The van der Waals surface area contributed by atoms with Crippen molar-refractivity contribution in [1.29, 1.82) is 0 Å². The second-order valence-corrected chi connectivity index (χ2v) is 3.83. The van der Waals surface area contributed by atoms with Gasteiger partial charge in [0, 0.05) is 30.2 Å². The van der Waals surface area contributed by atoms with Gasteiger partial charge in [0.25, 0.3) is 0 Å². The topological polar surface area (TPSA) is 86.7 Å². The molecule has 6 nitrogen and oxygen atoms in total. The molecule has 90 valence electrons. The first-order valence-electron chi connectivity index (χ1n) is 5.42. The Kier molecular flexibility index (Phi) is 3.66. The van der Waals surface area contributed by atoms with E-state index < -0.39 is 0 Å². The molecule has 2 heterocycles. The minimum Gasteiger partial charge on any atom is -0.394 e. The van der Waals surface area contributed by atoms with Crippen molar-refractivity contribution in [2.75, 3.05) is 11.9 Å². The van der Waals surface area contributed by atoms with Crippen LogP contribution in [0.2, 0.25) is 0 Å². The second-order valence-electron chi connectivity index (χ2n) is 3.83. The average molecular weight is 233 g/mol. The minimum absolute atomic E-state index is 0.0102. The van der Waals surface area contributed by atoms with Gasteiger partial charge in [0.2, 0.25) is 5.95 Å². The molecule has 3 N–H and O–H groups in total. The lowest BCUT2D eigenvalue weighted by molar-refractivity contribution is 0.272. The molecule has 0 fully saturated rings. The Balaban J connectivity index is 2.00. The summed E-state index contributed by atoms with van der Waals surface area (Å²) < 4.78 is 0. The first kappa shape index (κ1) is 11.5. The Hall–Kier alpha value is -1.95. The van der Waals surface area contributed by atoms with Gasteiger partial charge >= 0.3 is 0 Å². The maximum absolute atomic E-state index is 9.30. The molecule has 0 bridgehead atoms. The normalized spacial score (nSPS) is 12.4. The van der Waals surface area contributed by atoms with E-state index in [1.807, 2.05) is 13.0 Å². The SMILES string of the molecule is Cc1ccnc(NC(CO)Cc2cnc[nH]2)n1. The van der Waals surface area contributed by atoms with E-state index in [4.69, 9.17) is 0 Å². The predicted molar refractivity (Wildman–Crippen MR) is 63.6 cm³/mol. The highest BCUT2D eigenvalue weighted by Gasteiger charge is 2.10. The van der Waals surface area contributed by atoms with Gasteiger partial charge in [0.1, 0.15) is 0 Å². The third kappa shape index (κ3) is 3.25. The molecule has 0 saturated carbocycles. The number of hydrogen-bond donors (Lipinski definition) is 3. The zero-order chi connectivity index (χ0) is 12.1. The van der Waals surface area contributed by atoms with Crippen LogP contribution in [0.4, 0.5) is 5.95 Å². The average Bonchev–Trinajstić information content (AvgIpc) is 2.81. The molecule has 0 radical (unpaired) electrons. The van der Waals surface area contributed by atoms with Crippen molar-refractivity contribution in [1.82, 2.24) is 19.9 Å². The molecule has 2 aromatic rings. The molecule has 0 aliphatic rings. The van der Waals surface area contributed by atoms with Crippen molar-refractivity contribution in [3.05, 3.63) is 36.2 Å². The highest BCUT2D eigenvalue weighted by atomic mass is 16.3. The molecule has 0 amide bonds. The van der Waals surface area contributed by atoms with Gasteiger partial charge in [-0.05, 0) is 13.0 Å². The number of aromatic nitrogens is 4. The Morgan fingerprint density at radius 1 is 1.53 bits per heavy atom. The third-order valence-electron chi connectivity index (χ3n) is 2.37. The maximum Gasteiger partial charge on any atom is 0.223 e. The van der Waals surface area contributed by atoms with E-state index in [9.17, 15) is 5.11 Å². The Bertz CT molecular complexity index is 457. The first-order valence-corrected chi connectivity index (χ1v) is 5.42. The van der Waals surface area contributed by atoms with Crippen molar-refractivity contribution >= 4 is 5.95 Å². The van der Waals surface area contributed by atoms with Gasteiger partial charge < -0.3 is 15.4 Å². The summed E-state index contributed by atoms with van der Waals surface area (Å²) in [5.74, 6) is 0.531. The van der Waals surface area contributed by atoms with E-state index >= 15 is 0 Å². The number of aliphatic hydroxyl groups excluding tert-OH is 1. The van der Waals surface area contributed by atoms with Gasteiger partial charge in [0.05, 0.1) is 19.0 Å². The van der Waals surface area contributed by atoms with Gasteiger partial charge in [-0.25, -0.2) is 15.0 Å². The molecule has 0 aliphatic carbocycles. The number of aryl methyl sites for hydroxylation is 1. The highest BCUT2D eigenvalue weighted by Crippen LogP contribution is 2.05. The number of nitrogens with zero attached hydrogens (tertiary/aromatic N) is 3. The number of anilines is 1. The van der Waals surface area contributed by atoms with Gasteiger partial charge in [-0.3, -0.25) is 0 Å². The lowest BCUT2D eigenvalue weighted by Gasteiger charge is -2.15. The largest absolute Gasteiger partial charge is 0.394 e. The summed E-state index contributed by atoms with van der Waals surface area (Å²) in [6.07, 6.45) is 5.69. The van der Waals surface area contributed by atoms with Crippen LogP contribution in [0.5, 0.6) is 0 Å². The van der Waals surface area contributed by atoms with Gasteiger partial charge in [-0.2, -0.15) is 0 Å². The number of rotatable bonds is 5. The van der Waals surface area contributed by atoms with Crippen molar-refractivity contribution in [2.45, 2.75) is 19.4 Å². The quantitative estimate of drug-likeness (QED) is 0.701. The maximum atomic E-state index is 9.30. The molecule has 2 aromatic heterocycles. The van der Waals surface area contributed by atoms with Crippen molar-refractivity contribution in [3.63, 3.8) is 0 Å². The summed E-state index contributed by atoms with van der Waals surface area (Å²) >= 11 is 0. The van der Waals surface area contributed by atoms with Crippen LogP contribution in [0.25, 0.3) is 0 Å². The summed E-state index contributed by atoms with van der Waals surface area (Å²) in [6, 6.07) is 1.70. The number of hydrogen-bond acceptors (Lipinski definition) is 5. The lowest BCUT2D eigenvalue weighted by Crippen LogP contribution is -2.27. The van der Waals surface area contributed by atoms with Crippen molar-refractivity contribution in [3.8, 4) is 0 Å². The van der Waals surface area contributed by atoms with Crippen LogP contribution in [0.1, 0.15) is 11.4 Å². The van der Waals surface area contributed by atoms with E-state index in [1.54, 1.807) is 18.7 Å². The van der Waals surface area contributed by atoms with Crippen LogP contribution >= 0.6 is 0 Å². The van der Waals surface area contributed by atoms with Crippen molar-refractivity contribution < 1.29 is 5.11 Å². The zero-order valence-corrected chi connectivity index (χ0v) is 9.59. The molecule has 0 spiro atoms. The Morgan fingerprint density at radius 2 is 2.41 bits per heavy atom. The van der Waals surface area contributed by atoms with Gasteiger partial charge in [0.15, 0.2) is 0 Å². The van der Waals surface area contributed by atoms with Crippen LogP contribution in [0.3, 0.4) is 0 Å². The number of aliphatic hydroxyl groups is 1. The molecule has 2 rings (SSSR count). The molecule has 1 atom stereocenters. The molecule has 0 saturated heterocycles. The first-order chi connectivity index (χ1) is 8.28. The molecule has 6 heteroatoms. The molecule has 0 aromatic carbocycles. The standard InChI is InChI=1S/C11H15N5O/c1-8-2-3-13-11(15-8)16-10(6-17)4-9-5-12-7-14-9/h2-3,5,7,10,17H,4,6H2,1H3,(H,12,14)(H,13,15,16). The van der Waals surface area contributed by atoms with Crippen LogP contribution < -0.4 is 5.32 Å². The Labute approximate surface area is 99.2 Å². The predicted octanol–water partition coefficient (Wildman–Crippen LogP) is 0.524. The van der Waals surface area contributed by atoms with E-state index in [2.05, 4.69) is 25.3 Å². The van der Waals surface area contributed by atoms with E-state index in [0.717, 1.165) is 11.4 Å². The highest BCUT2D eigenvalue weighted by molar-refractivity contribution is 5.27. The lowest BCUT2D eigenvalue weighted by atomic mass is 10.2. The van der Waals surface area contributed by atoms with Crippen LogP contribution in [0, 0.1) is 6.92 Å². The molecular formula is C11H15N5O. The summed E-state index contributed by atoms with van der Waals surface area (Å²) in [7, 11) is 0. The van der Waals surface area contributed by atoms with E-state index in [-0.39, 0.29) is 12.6 Å². The third-order valence-corrected chi connectivity index (χ3v) is 2.37. The minimum atomic E-state index is -0.128. The number of aromatic amines is 1. The summed E-state index contributed by atoms with van der Waals surface area (Å²) in [4.78, 5) is 15.3. The second kappa shape index (κ2) is 5.40. The molecule has 0 aliphatic heterocycles. The molecular weight excluding hydrogens is 218 g/mol.